The molecule has 0 radical (unpaired) electrons. The summed E-state index contributed by atoms with van der Waals surface area (Å²) in [7, 11) is 0. The van der Waals surface area contributed by atoms with Crippen molar-refractivity contribution in [1.29, 1.82) is 0 Å². The topological polar surface area (TPSA) is 46.5 Å². The predicted molar refractivity (Wildman–Crippen MR) is 46.1 cm³/mol. The Hall–Kier alpha value is -0.640. The molecule has 0 amide bonds. The van der Waals surface area contributed by atoms with Crippen molar-refractivity contribution >= 4 is 17.9 Å². The van der Waals surface area contributed by atoms with E-state index in [1.807, 2.05) is 6.08 Å². The molecule has 0 fully saturated rings. The van der Waals surface area contributed by atoms with E-state index in [0.29, 0.717) is 6.61 Å². The van der Waals surface area contributed by atoms with Crippen molar-refractivity contribution in [3.05, 3.63) is 12.7 Å². The van der Waals surface area contributed by atoms with E-state index in [0.717, 1.165) is 17.9 Å². The van der Waals surface area contributed by atoms with Gasteiger partial charge in [-0.2, -0.15) is 11.8 Å². The summed E-state index contributed by atoms with van der Waals surface area (Å²) in [6.45, 7) is 3.85. The number of carboxylic acid groups (broad SMARTS) is 1. The molecule has 4 heteroatoms. The Kier molecular flexibility index (Phi) is 7.03. The molecule has 0 aromatic heterocycles. The van der Waals surface area contributed by atoms with Gasteiger partial charge in [0.1, 0.15) is 0 Å². The fraction of sp³-hybridized carbons (Fsp3) is 0.571. The van der Waals surface area contributed by atoms with Gasteiger partial charge in [0.2, 0.25) is 0 Å². The molecule has 3 nitrogen and oxygen atoms in total. The molecule has 0 aliphatic heterocycles. The Labute approximate surface area is 70.4 Å². The molecule has 64 valence electrons. The smallest absolute Gasteiger partial charge is 0.450 e. The second-order valence-electron chi connectivity index (χ2n) is 1.83. The Morgan fingerprint density at radius 1 is 1.73 bits per heavy atom. The highest BCUT2D eigenvalue weighted by Crippen LogP contribution is 2.01. The summed E-state index contributed by atoms with van der Waals surface area (Å²) >= 11 is 1.71. The molecule has 0 saturated heterocycles. The van der Waals surface area contributed by atoms with Gasteiger partial charge >= 0.3 is 6.16 Å². The lowest BCUT2D eigenvalue weighted by molar-refractivity contribution is 0.0920. The Morgan fingerprint density at radius 2 is 2.45 bits per heavy atom. The normalized spacial score (nSPS) is 9.09. The zero-order chi connectivity index (χ0) is 8.53. The summed E-state index contributed by atoms with van der Waals surface area (Å²) in [5.41, 5.74) is 0. The zero-order valence-corrected chi connectivity index (χ0v) is 7.10. The standard InChI is InChI=1S/C7H12O3S/c1-2-5-11-6-3-4-10-7(8)9/h2H,1,3-6H2,(H,8,9). The molecule has 0 atom stereocenters. The van der Waals surface area contributed by atoms with Gasteiger partial charge in [-0.05, 0) is 12.2 Å². The number of ether oxygens (including phenoxy) is 1. The molecule has 0 aliphatic carbocycles. The lowest BCUT2D eigenvalue weighted by atomic mass is 10.5. The molecule has 11 heavy (non-hydrogen) atoms. The van der Waals surface area contributed by atoms with Crippen LogP contribution in [0, 0.1) is 0 Å². The van der Waals surface area contributed by atoms with Gasteiger partial charge < -0.3 is 9.84 Å². The van der Waals surface area contributed by atoms with E-state index in [-0.39, 0.29) is 0 Å². The second-order valence-corrected chi connectivity index (χ2v) is 2.98. The highest BCUT2D eigenvalue weighted by molar-refractivity contribution is 7.99. The van der Waals surface area contributed by atoms with Gasteiger partial charge in [0, 0.05) is 5.75 Å². The van der Waals surface area contributed by atoms with Gasteiger partial charge in [0.25, 0.3) is 0 Å². The van der Waals surface area contributed by atoms with Crippen LogP contribution in [0.1, 0.15) is 6.42 Å². The van der Waals surface area contributed by atoms with Crippen molar-refractivity contribution in [3.63, 3.8) is 0 Å². The summed E-state index contributed by atoms with van der Waals surface area (Å²) in [5, 5.41) is 8.07. The van der Waals surface area contributed by atoms with Gasteiger partial charge in [0.05, 0.1) is 6.61 Å². The summed E-state index contributed by atoms with van der Waals surface area (Å²) in [6, 6.07) is 0. The van der Waals surface area contributed by atoms with Crippen LogP contribution in [0.15, 0.2) is 12.7 Å². The van der Waals surface area contributed by atoms with Crippen LogP contribution < -0.4 is 0 Å². The van der Waals surface area contributed by atoms with Crippen LogP contribution >= 0.6 is 11.8 Å². The largest absolute Gasteiger partial charge is 0.505 e. The Balaban J connectivity index is 2.90. The molecule has 0 aromatic carbocycles. The maximum Gasteiger partial charge on any atom is 0.505 e. The quantitative estimate of drug-likeness (QED) is 0.382. The minimum Gasteiger partial charge on any atom is -0.450 e. The van der Waals surface area contributed by atoms with Crippen LogP contribution in [-0.2, 0) is 4.74 Å². The fourth-order valence-corrected chi connectivity index (χ4v) is 1.14. The third kappa shape index (κ3) is 9.36. The van der Waals surface area contributed by atoms with Crippen molar-refractivity contribution in [2.24, 2.45) is 0 Å². The highest BCUT2D eigenvalue weighted by Gasteiger charge is 1.94. The molecule has 0 spiro atoms. The molecule has 0 saturated carbocycles. The van der Waals surface area contributed by atoms with Crippen molar-refractivity contribution in [1.82, 2.24) is 0 Å². The molecule has 0 aliphatic rings. The first kappa shape index (κ1) is 10.4. The first-order chi connectivity index (χ1) is 5.27. The van der Waals surface area contributed by atoms with Crippen LogP contribution in [0.5, 0.6) is 0 Å². The average Bonchev–Trinajstić information content (AvgIpc) is 1.96. The third-order valence-corrected chi connectivity index (χ3v) is 1.94. The molecular weight excluding hydrogens is 164 g/mol. The Morgan fingerprint density at radius 3 is 3.00 bits per heavy atom. The van der Waals surface area contributed by atoms with Gasteiger partial charge in [0.15, 0.2) is 0 Å². The lowest BCUT2D eigenvalue weighted by Gasteiger charge is -1.98. The van der Waals surface area contributed by atoms with E-state index in [1.54, 1.807) is 11.8 Å². The number of hydrogen-bond acceptors (Lipinski definition) is 3. The maximum atomic E-state index is 9.84. The van der Waals surface area contributed by atoms with Crippen LogP contribution in [0.2, 0.25) is 0 Å². The van der Waals surface area contributed by atoms with Gasteiger partial charge in [-0.3, -0.25) is 0 Å². The lowest BCUT2D eigenvalue weighted by Crippen LogP contribution is -2.02. The first-order valence-electron chi connectivity index (χ1n) is 3.31. The second kappa shape index (κ2) is 7.47. The molecule has 0 rings (SSSR count). The average molecular weight is 176 g/mol. The monoisotopic (exact) mass is 176 g/mol. The van der Waals surface area contributed by atoms with Crippen LogP contribution in [0.3, 0.4) is 0 Å². The predicted octanol–water partition coefficient (Wildman–Crippen LogP) is 1.99. The van der Waals surface area contributed by atoms with Gasteiger partial charge in [-0.15, -0.1) is 6.58 Å². The van der Waals surface area contributed by atoms with Gasteiger partial charge in [-0.25, -0.2) is 4.79 Å². The van der Waals surface area contributed by atoms with E-state index in [1.165, 1.54) is 0 Å². The van der Waals surface area contributed by atoms with Crippen molar-refractivity contribution in [2.45, 2.75) is 6.42 Å². The third-order valence-electron chi connectivity index (χ3n) is 0.894. The van der Waals surface area contributed by atoms with Crippen LogP contribution in [0.25, 0.3) is 0 Å². The van der Waals surface area contributed by atoms with Crippen molar-refractivity contribution in [2.75, 3.05) is 18.1 Å². The summed E-state index contributed by atoms with van der Waals surface area (Å²) in [6.07, 6.45) is 1.40. The van der Waals surface area contributed by atoms with E-state index in [9.17, 15) is 4.79 Å². The minimum absolute atomic E-state index is 0.291. The zero-order valence-electron chi connectivity index (χ0n) is 6.28. The highest BCUT2D eigenvalue weighted by atomic mass is 32.2. The first-order valence-corrected chi connectivity index (χ1v) is 4.47. The molecule has 1 N–H and O–H groups in total. The molecule has 0 aromatic rings. The maximum absolute atomic E-state index is 9.84. The fourth-order valence-electron chi connectivity index (χ4n) is 0.487. The van der Waals surface area contributed by atoms with E-state index < -0.39 is 6.16 Å². The number of rotatable bonds is 6. The molecular formula is C7H12O3S. The van der Waals surface area contributed by atoms with Gasteiger partial charge in [-0.1, -0.05) is 6.08 Å². The minimum atomic E-state index is -1.20. The number of thioether (sulfide) groups is 1. The van der Waals surface area contributed by atoms with Crippen LogP contribution in [0.4, 0.5) is 4.79 Å². The SMILES string of the molecule is C=CCSCCCOC(=O)O. The van der Waals surface area contributed by atoms with E-state index >= 15 is 0 Å². The van der Waals surface area contributed by atoms with E-state index in [4.69, 9.17) is 5.11 Å². The number of hydrogen-bond donors (Lipinski definition) is 1. The summed E-state index contributed by atoms with van der Waals surface area (Å²) in [5.74, 6) is 1.83. The van der Waals surface area contributed by atoms with Crippen molar-refractivity contribution < 1.29 is 14.6 Å². The molecule has 0 heterocycles. The number of carbonyl (C=O) groups is 1. The molecule has 0 unspecified atom stereocenters. The Bertz CT molecular complexity index is 125. The van der Waals surface area contributed by atoms with Crippen LogP contribution in [-0.4, -0.2) is 29.4 Å². The summed E-state index contributed by atoms with van der Waals surface area (Å²) < 4.78 is 4.30. The summed E-state index contributed by atoms with van der Waals surface area (Å²) in [4.78, 5) is 9.84. The van der Waals surface area contributed by atoms with Crippen molar-refractivity contribution in [3.8, 4) is 0 Å². The molecule has 0 bridgehead atoms. The van der Waals surface area contributed by atoms with E-state index in [2.05, 4.69) is 11.3 Å².